The summed E-state index contributed by atoms with van der Waals surface area (Å²) >= 11 is 11.8. The van der Waals surface area contributed by atoms with Crippen LogP contribution in [0.15, 0.2) is 48.5 Å². The predicted octanol–water partition coefficient (Wildman–Crippen LogP) is 3.24. The average Bonchev–Trinajstić information content (AvgIpc) is 2.62. The van der Waals surface area contributed by atoms with E-state index in [-0.39, 0.29) is 5.75 Å². The van der Waals surface area contributed by atoms with Crippen LogP contribution in [0.1, 0.15) is 5.56 Å². The van der Waals surface area contributed by atoms with Gasteiger partial charge in [0.05, 0.1) is 5.75 Å². The maximum absolute atomic E-state index is 12.2. The number of nitrogens with zero attached hydrogens (tertiary/aromatic N) is 2. The molecular formula is C19H23Cl2N3O2S. The van der Waals surface area contributed by atoms with Crippen molar-refractivity contribution in [3.05, 3.63) is 64.1 Å². The first-order chi connectivity index (χ1) is 12.9. The van der Waals surface area contributed by atoms with Gasteiger partial charge >= 0.3 is 0 Å². The van der Waals surface area contributed by atoms with Crippen LogP contribution >= 0.6 is 23.2 Å². The molecule has 0 bridgehead atoms. The Bertz CT molecular complexity index is 852. The van der Waals surface area contributed by atoms with Crippen LogP contribution < -0.4 is 9.62 Å². The van der Waals surface area contributed by atoms with Gasteiger partial charge in [-0.1, -0.05) is 35.3 Å². The van der Waals surface area contributed by atoms with E-state index >= 15 is 0 Å². The van der Waals surface area contributed by atoms with Crippen LogP contribution in [0.2, 0.25) is 10.0 Å². The summed E-state index contributed by atoms with van der Waals surface area (Å²) in [5, 5.41) is 1.28. The fourth-order valence-electron chi connectivity index (χ4n) is 3.14. The maximum Gasteiger partial charge on any atom is 0.215 e. The van der Waals surface area contributed by atoms with Gasteiger partial charge in [0.15, 0.2) is 0 Å². The molecule has 5 nitrogen and oxygen atoms in total. The van der Waals surface area contributed by atoms with Crippen molar-refractivity contribution in [3.8, 4) is 0 Å². The Kier molecular flexibility index (Phi) is 7.00. The first-order valence-electron chi connectivity index (χ1n) is 8.86. The summed E-state index contributed by atoms with van der Waals surface area (Å²) in [6.45, 7) is 4.73. The van der Waals surface area contributed by atoms with Gasteiger partial charge in [-0.25, -0.2) is 13.1 Å². The summed E-state index contributed by atoms with van der Waals surface area (Å²) in [6, 6.07) is 14.8. The van der Waals surface area contributed by atoms with E-state index in [0.717, 1.165) is 31.2 Å². The number of anilines is 1. The smallest absolute Gasteiger partial charge is 0.215 e. The average molecular weight is 428 g/mol. The number of halogens is 2. The summed E-state index contributed by atoms with van der Waals surface area (Å²) < 4.78 is 27.1. The Morgan fingerprint density at radius 1 is 0.926 bits per heavy atom. The van der Waals surface area contributed by atoms with Crippen molar-refractivity contribution < 1.29 is 8.42 Å². The molecule has 0 radical (unpaired) electrons. The van der Waals surface area contributed by atoms with Gasteiger partial charge in [-0.05, 0) is 42.0 Å². The van der Waals surface area contributed by atoms with E-state index in [2.05, 4.69) is 14.5 Å². The zero-order valence-corrected chi connectivity index (χ0v) is 17.3. The van der Waals surface area contributed by atoms with Crippen LogP contribution in [-0.2, 0) is 15.8 Å². The SMILES string of the molecule is O=S(=O)(Cc1cccc(Cl)c1)NCCN1CCN(c2ccc(Cl)cc2)CC1. The number of hydrogen-bond acceptors (Lipinski definition) is 4. The lowest BCUT2D eigenvalue weighted by molar-refractivity contribution is 0.262. The second-order valence-corrected chi connectivity index (χ2v) is 9.27. The number of sulfonamides is 1. The van der Waals surface area contributed by atoms with Crippen molar-refractivity contribution in [2.24, 2.45) is 0 Å². The lowest BCUT2D eigenvalue weighted by Gasteiger charge is -2.36. The highest BCUT2D eigenvalue weighted by molar-refractivity contribution is 7.88. The fraction of sp³-hybridized carbons (Fsp3) is 0.368. The van der Waals surface area contributed by atoms with Gasteiger partial charge in [0, 0.05) is 55.0 Å². The van der Waals surface area contributed by atoms with Crippen molar-refractivity contribution in [2.75, 3.05) is 44.2 Å². The van der Waals surface area contributed by atoms with Crippen LogP contribution in [0.3, 0.4) is 0 Å². The molecule has 1 fully saturated rings. The molecule has 0 amide bonds. The molecule has 146 valence electrons. The molecule has 1 heterocycles. The van der Waals surface area contributed by atoms with Crippen molar-refractivity contribution in [2.45, 2.75) is 5.75 Å². The molecule has 0 saturated carbocycles. The summed E-state index contributed by atoms with van der Waals surface area (Å²) in [4.78, 5) is 4.59. The van der Waals surface area contributed by atoms with Gasteiger partial charge in [0.25, 0.3) is 0 Å². The molecule has 1 N–H and O–H groups in total. The van der Waals surface area contributed by atoms with Crippen LogP contribution in [0.4, 0.5) is 5.69 Å². The largest absolute Gasteiger partial charge is 0.369 e. The number of nitrogens with one attached hydrogen (secondary N) is 1. The van der Waals surface area contributed by atoms with E-state index in [0.29, 0.717) is 23.7 Å². The summed E-state index contributed by atoms with van der Waals surface area (Å²) in [5.41, 5.74) is 1.85. The van der Waals surface area contributed by atoms with Gasteiger partial charge < -0.3 is 4.90 Å². The van der Waals surface area contributed by atoms with E-state index < -0.39 is 10.0 Å². The van der Waals surface area contributed by atoms with E-state index in [4.69, 9.17) is 23.2 Å². The number of hydrogen-bond donors (Lipinski definition) is 1. The minimum Gasteiger partial charge on any atom is -0.369 e. The molecule has 0 unspecified atom stereocenters. The molecule has 2 aromatic carbocycles. The molecule has 27 heavy (non-hydrogen) atoms. The third-order valence-electron chi connectivity index (χ3n) is 4.56. The molecule has 1 saturated heterocycles. The van der Waals surface area contributed by atoms with Crippen LogP contribution in [-0.4, -0.2) is 52.6 Å². The molecule has 3 rings (SSSR count). The van der Waals surface area contributed by atoms with Gasteiger partial charge in [-0.3, -0.25) is 4.90 Å². The topological polar surface area (TPSA) is 52.7 Å². The van der Waals surface area contributed by atoms with Crippen LogP contribution in [0.5, 0.6) is 0 Å². The Hall–Kier alpha value is -1.31. The molecule has 2 aromatic rings. The molecule has 0 atom stereocenters. The van der Waals surface area contributed by atoms with Crippen molar-refractivity contribution in [3.63, 3.8) is 0 Å². The molecular weight excluding hydrogens is 405 g/mol. The van der Waals surface area contributed by atoms with Crippen molar-refractivity contribution in [1.82, 2.24) is 9.62 Å². The summed E-state index contributed by atoms with van der Waals surface area (Å²) in [7, 11) is -3.37. The highest BCUT2D eigenvalue weighted by atomic mass is 35.5. The third kappa shape index (κ3) is 6.36. The van der Waals surface area contributed by atoms with Gasteiger partial charge in [0.1, 0.15) is 0 Å². The second kappa shape index (κ2) is 9.26. The van der Waals surface area contributed by atoms with Gasteiger partial charge in [0.2, 0.25) is 10.0 Å². The normalized spacial score (nSPS) is 15.9. The minimum absolute atomic E-state index is 0.0576. The number of piperazine rings is 1. The van der Waals surface area contributed by atoms with Gasteiger partial charge in [-0.15, -0.1) is 0 Å². The second-order valence-electron chi connectivity index (χ2n) is 6.59. The summed E-state index contributed by atoms with van der Waals surface area (Å²) in [5.74, 6) is -0.0576. The van der Waals surface area contributed by atoms with Crippen molar-refractivity contribution in [1.29, 1.82) is 0 Å². The van der Waals surface area contributed by atoms with Crippen LogP contribution in [0.25, 0.3) is 0 Å². The van der Waals surface area contributed by atoms with Crippen molar-refractivity contribution >= 4 is 38.9 Å². The quantitative estimate of drug-likeness (QED) is 0.736. The Labute approximate surface area is 170 Å². The third-order valence-corrected chi connectivity index (χ3v) is 6.40. The molecule has 0 spiro atoms. The molecule has 1 aliphatic rings. The Morgan fingerprint density at radius 2 is 1.63 bits per heavy atom. The number of benzene rings is 2. The van der Waals surface area contributed by atoms with Gasteiger partial charge in [-0.2, -0.15) is 0 Å². The molecule has 8 heteroatoms. The standard InChI is InChI=1S/C19H23Cl2N3O2S/c20-17-4-6-19(7-5-17)24-12-10-23(11-13-24)9-8-22-27(25,26)15-16-2-1-3-18(21)14-16/h1-7,14,22H,8-13,15H2. The van der Waals surface area contributed by atoms with E-state index in [1.54, 1.807) is 24.3 Å². The zero-order valence-electron chi connectivity index (χ0n) is 14.9. The maximum atomic E-state index is 12.2. The molecule has 0 aliphatic carbocycles. The first kappa shape index (κ1) is 20.4. The lowest BCUT2D eigenvalue weighted by atomic mass is 10.2. The highest BCUT2D eigenvalue weighted by Gasteiger charge is 2.18. The Morgan fingerprint density at radius 3 is 2.30 bits per heavy atom. The lowest BCUT2D eigenvalue weighted by Crippen LogP contribution is -2.48. The molecule has 1 aliphatic heterocycles. The van der Waals surface area contributed by atoms with Crippen LogP contribution in [0, 0.1) is 0 Å². The van der Waals surface area contributed by atoms with E-state index in [1.165, 1.54) is 5.69 Å². The first-order valence-corrected chi connectivity index (χ1v) is 11.3. The van der Waals surface area contributed by atoms with E-state index in [9.17, 15) is 8.42 Å². The monoisotopic (exact) mass is 427 g/mol. The summed E-state index contributed by atoms with van der Waals surface area (Å²) in [6.07, 6.45) is 0. The molecule has 0 aromatic heterocycles. The highest BCUT2D eigenvalue weighted by Crippen LogP contribution is 2.19. The fourth-order valence-corrected chi connectivity index (χ4v) is 4.60. The minimum atomic E-state index is -3.37. The Balaban J connectivity index is 1.41. The van der Waals surface area contributed by atoms with E-state index in [1.807, 2.05) is 24.3 Å². The zero-order chi connectivity index (χ0) is 19.3. The number of rotatable bonds is 7. The predicted molar refractivity (Wildman–Crippen MR) is 112 cm³/mol.